The van der Waals surface area contributed by atoms with Gasteiger partial charge in [0.25, 0.3) is 5.91 Å². The fourth-order valence-corrected chi connectivity index (χ4v) is 4.42. The zero-order valence-electron chi connectivity index (χ0n) is 21.6. The largest absolute Gasteiger partial charge is 0.494 e. The standard InChI is InChI=1S/C28H41N3O4/c1-20-16-24(8-9-25(20)27(34)30-23(18-32)19-33)35-15-5-6-21-11-13-31(14-12-21)26-10-7-22(17-29-26)28(2,3)4/h7-10,16-17,21,23,32-33H,5-6,11-15,18-19H2,1-4H3,(H,30,34). The van der Waals surface area contributed by atoms with Gasteiger partial charge in [0.15, 0.2) is 0 Å². The van der Waals surface area contributed by atoms with E-state index in [-0.39, 0.29) is 24.5 Å². The number of nitrogens with zero attached hydrogens (tertiary/aromatic N) is 2. The molecule has 1 fully saturated rings. The number of piperidine rings is 1. The minimum absolute atomic E-state index is 0.125. The Balaban J connectivity index is 1.38. The lowest BCUT2D eigenvalue weighted by atomic mass is 9.88. The van der Waals surface area contributed by atoms with Crippen LogP contribution < -0.4 is 15.0 Å². The van der Waals surface area contributed by atoms with E-state index in [1.165, 1.54) is 18.4 Å². The Kier molecular flexibility index (Phi) is 9.52. The highest BCUT2D eigenvalue weighted by Crippen LogP contribution is 2.27. The van der Waals surface area contributed by atoms with Gasteiger partial charge in [-0.1, -0.05) is 26.8 Å². The third-order valence-electron chi connectivity index (χ3n) is 6.80. The number of carbonyl (C=O) groups is 1. The molecule has 7 heteroatoms. The second kappa shape index (κ2) is 12.4. The minimum atomic E-state index is -0.657. The maximum absolute atomic E-state index is 12.3. The van der Waals surface area contributed by atoms with Crippen molar-refractivity contribution in [3.63, 3.8) is 0 Å². The van der Waals surface area contributed by atoms with Crippen molar-refractivity contribution in [1.82, 2.24) is 10.3 Å². The topological polar surface area (TPSA) is 94.9 Å². The third kappa shape index (κ3) is 7.67. The Morgan fingerprint density at radius 1 is 1.17 bits per heavy atom. The van der Waals surface area contributed by atoms with Crippen molar-refractivity contribution in [2.24, 2.45) is 5.92 Å². The van der Waals surface area contributed by atoms with Crippen molar-refractivity contribution < 1.29 is 19.7 Å². The van der Waals surface area contributed by atoms with Crippen molar-refractivity contribution in [2.75, 3.05) is 37.8 Å². The molecule has 3 rings (SSSR count). The average Bonchev–Trinajstić information content (AvgIpc) is 2.85. The molecule has 35 heavy (non-hydrogen) atoms. The molecule has 0 bridgehead atoms. The van der Waals surface area contributed by atoms with Gasteiger partial charge in [0.2, 0.25) is 0 Å². The fraction of sp³-hybridized carbons (Fsp3) is 0.571. The van der Waals surface area contributed by atoms with Gasteiger partial charge in [-0.05, 0) is 79.3 Å². The molecule has 0 spiro atoms. The molecule has 0 saturated carbocycles. The Bertz CT molecular complexity index is 944. The second-order valence-corrected chi connectivity index (χ2v) is 10.6. The predicted molar refractivity (Wildman–Crippen MR) is 139 cm³/mol. The van der Waals surface area contributed by atoms with E-state index in [2.05, 4.69) is 43.1 Å². The molecule has 1 aromatic heterocycles. The van der Waals surface area contributed by atoms with Gasteiger partial charge in [-0.15, -0.1) is 0 Å². The second-order valence-electron chi connectivity index (χ2n) is 10.6. The number of amides is 1. The van der Waals surface area contributed by atoms with Gasteiger partial charge < -0.3 is 25.2 Å². The Hall–Kier alpha value is -2.64. The first-order valence-electron chi connectivity index (χ1n) is 12.7. The molecule has 1 aliphatic rings. The summed E-state index contributed by atoms with van der Waals surface area (Å²) in [5, 5.41) is 20.9. The average molecular weight is 484 g/mol. The van der Waals surface area contributed by atoms with Crippen LogP contribution >= 0.6 is 0 Å². The van der Waals surface area contributed by atoms with Crippen LogP contribution in [0.2, 0.25) is 0 Å². The highest BCUT2D eigenvalue weighted by Gasteiger charge is 2.21. The lowest BCUT2D eigenvalue weighted by Gasteiger charge is -2.33. The molecule has 2 heterocycles. The number of hydrogen-bond donors (Lipinski definition) is 3. The van der Waals surface area contributed by atoms with Gasteiger partial charge in [0.1, 0.15) is 11.6 Å². The normalized spacial score (nSPS) is 14.9. The van der Waals surface area contributed by atoms with E-state index in [1.54, 1.807) is 12.1 Å². The number of pyridine rings is 1. The van der Waals surface area contributed by atoms with Crippen molar-refractivity contribution in [3.05, 3.63) is 53.2 Å². The van der Waals surface area contributed by atoms with Crippen LogP contribution in [-0.4, -0.2) is 60.1 Å². The summed E-state index contributed by atoms with van der Waals surface area (Å²) in [7, 11) is 0. The summed E-state index contributed by atoms with van der Waals surface area (Å²) in [6.45, 7) is 10.6. The fourth-order valence-electron chi connectivity index (χ4n) is 4.42. The highest BCUT2D eigenvalue weighted by atomic mass is 16.5. The predicted octanol–water partition coefficient (Wildman–Crippen LogP) is 3.85. The van der Waals surface area contributed by atoms with Gasteiger partial charge in [-0.2, -0.15) is 0 Å². The molecule has 3 N–H and O–H groups in total. The number of aryl methyl sites for hydroxylation is 1. The number of aliphatic hydroxyl groups excluding tert-OH is 2. The smallest absolute Gasteiger partial charge is 0.251 e. The Morgan fingerprint density at radius 2 is 1.89 bits per heavy atom. The van der Waals surface area contributed by atoms with Crippen LogP contribution in [-0.2, 0) is 5.41 Å². The number of benzene rings is 1. The van der Waals surface area contributed by atoms with Crippen LogP contribution in [0.5, 0.6) is 5.75 Å². The Morgan fingerprint density at radius 3 is 2.46 bits per heavy atom. The monoisotopic (exact) mass is 483 g/mol. The Labute approximate surface area is 209 Å². The molecule has 192 valence electrons. The van der Waals surface area contributed by atoms with E-state index in [4.69, 9.17) is 19.9 Å². The van der Waals surface area contributed by atoms with E-state index < -0.39 is 6.04 Å². The number of aromatic nitrogens is 1. The molecule has 7 nitrogen and oxygen atoms in total. The minimum Gasteiger partial charge on any atom is -0.494 e. The van der Waals surface area contributed by atoms with Crippen LogP contribution in [0.15, 0.2) is 36.5 Å². The van der Waals surface area contributed by atoms with E-state index in [1.807, 2.05) is 19.2 Å². The summed E-state index contributed by atoms with van der Waals surface area (Å²) in [6.07, 6.45) is 6.51. The zero-order chi connectivity index (χ0) is 25.4. The molecule has 1 aromatic carbocycles. The number of aliphatic hydroxyl groups is 2. The van der Waals surface area contributed by atoms with Crippen LogP contribution in [0.4, 0.5) is 5.82 Å². The summed E-state index contributed by atoms with van der Waals surface area (Å²) in [5.74, 6) is 2.23. The van der Waals surface area contributed by atoms with E-state index >= 15 is 0 Å². The molecule has 1 saturated heterocycles. The molecular weight excluding hydrogens is 442 g/mol. The van der Waals surface area contributed by atoms with Crippen LogP contribution in [0.1, 0.15) is 67.9 Å². The molecule has 2 aromatic rings. The lowest BCUT2D eigenvalue weighted by molar-refractivity contribution is 0.0878. The van der Waals surface area contributed by atoms with Crippen LogP contribution in [0.3, 0.4) is 0 Å². The first kappa shape index (κ1) is 27.0. The molecule has 1 amide bonds. The SMILES string of the molecule is Cc1cc(OCCCC2CCN(c3ccc(C(C)(C)C)cn3)CC2)ccc1C(=O)NC(CO)CO. The van der Waals surface area contributed by atoms with Gasteiger partial charge in [-0.25, -0.2) is 4.98 Å². The quantitative estimate of drug-likeness (QED) is 0.445. The highest BCUT2D eigenvalue weighted by molar-refractivity contribution is 5.96. The summed E-state index contributed by atoms with van der Waals surface area (Å²) in [6, 6.07) is 9.08. The lowest BCUT2D eigenvalue weighted by Crippen LogP contribution is -2.40. The van der Waals surface area contributed by atoms with Gasteiger partial charge in [0, 0.05) is 24.8 Å². The third-order valence-corrected chi connectivity index (χ3v) is 6.80. The van der Waals surface area contributed by atoms with E-state index in [0.29, 0.717) is 18.1 Å². The number of anilines is 1. The van der Waals surface area contributed by atoms with Crippen molar-refractivity contribution >= 4 is 11.7 Å². The summed E-state index contributed by atoms with van der Waals surface area (Å²) in [5.41, 5.74) is 2.70. The molecular formula is C28H41N3O4. The van der Waals surface area contributed by atoms with Gasteiger partial charge in [0.05, 0.1) is 25.9 Å². The summed E-state index contributed by atoms with van der Waals surface area (Å²) >= 11 is 0. The van der Waals surface area contributed by atoms with E-state index in [0.717, 1.165) is 43.1 Å². The van der Waals surface area contributed by atoms with Crippen LogP contribution in [0.25, 0.3) is 0 Å². The van der Waals surface area contributed by atoms with Gasteiger partial charge >= 0.3 is 0 Å². The van der Waals surface area contributed by atoms with E-state index in [9.17, 15) is 4.79 Å². The number of ether oxygens (including phenoxy) is 1. The van der Waals surface area contributed by atoms with Crippen molar-refractivity contribution in [1.29, 1.82) is 0 Å². The molecule has 1 aliphatic heterocycles. The number of hydrogen-bond acceptors (Lipinski definition) is 6. The number of nitrogens with one attached hydrogen (secondary N) is 1. The zero-order valence-corrected chi connectivity index (χ0v) is 21.6. The maximum Gasteiger partial charge on any atom is 0.251 e. The maximum atomic E-state index is 12.3. The molecule has 0 atom stereocenters. The summed E-state index contributed by atoms with van der Waals surface area (Å²) in [4.78, 5) is 19.4. The first-order chi connectivity index (χ1) is 16.7. The van der Waals surface area contributed by atoms with Gasteiger partial charge in [-0.3, -0.25) is 4.79 Å². The number of carbonyl (C=O) groups excluding carboxylic acids is 1. The summed E-state index contributed by atoms with van der Waals surface area (Å²) < 4.78 is 5.93. The first-order valence-corrected chi connectivity index (χ1v) is 12.7. The molecule has 0 unspecified atom stereocenters. The molecule has 0 aliphatic carbocycles. The van der Waals surface area contributed by atoms with Crippen molar-refractivity contribution in [2.45, 2.75) is 64.8 Å². The number of rotatable bonds is 10. The van der Waals surface area contributed by atoms with Crippen molar-refractivity contribution in [3.8, 4) is 5.75 Å². The molecule has 0 radical (unpaired) electrons. The van der Waals surface area contributed by atoms with Crippen LogP contribution in [0, 0.1) is 12.8 Å².